The lowest BCUT2D eigenvalue weighted by Gasteiger charge is -2.26. The average molecular weight is 259 g/mol. The van der Waals surface area contributed by atoms with E-state index in [2.05, 4.69) is 0 Å². The first-order valence-corrected chi connectivity index (χ1v) is 6.79. The van der Waals surface area contributed by atoms with Crippen molar-refractivity contribution in [2.24, 2.45) is 11.7 Å². The Morgan fingerprint density at radius 2 is 1.94 bits per heavy atom. The summed E-state index contributed by atoms with van der Waals surface area (Å²) in [7, 11) is 0. The molecule has 1 saturated carbocycles. The molecule has 0 saturated heterocycles. The molecule has 0 radical (unpaired) electrons. The van der Waals surface area contributed by atoms with Gasteiger partial charge in [-0.2, -0.15) is 0 Å². The maximum Gasteiger partial charge on any atom is 0.336 e. The van der Waals surface area contributed by atoms with Crippen LogP contribution >= 0.6 is 0 Å². The average Bonchev–Trinajstić information content (AvgIpc) is 2.36. The van der Waals surface area contributed by atoms with Crippen molar-refractivity contribution in [3.05, 3.63) is 0 Å². The second kappa shape index (κ2) is 7.71. The van der Waals surface area contributed by atoms with Crippen LogP contribution in [0.25, 0.3) is 0 Å². The zero-order valence-electron chi connectivity index (χ0n) is 11.0. The van der Waals surface area contributed by atoms with Crippen LogP contribution in [0.3, 0.4) is 0 Å². The molecular weight excluding hydrogens is 234 g/mol. The van der Waals surface area contributed by atoms with Crippen molar-refractivity contribution in [3.63, 3.8) is 0 Å². The van der Waals surface area contributed by atoms with Crippen molar-refractivity contribution in [2.75, 3.05) is 6.61 Å². The van der Waals surface area contributed by atoms with Crippen molar-refractivity contribution in [1.82, 2.24) is 0 Å². The second-order valence-corrected chi connectivity index (χ2v) is 5.33. The number of nitrogens with two attached hydrogens (primary N) is 1. The van der Waals surface area contributed by atoms with Crippen LogP contribution in [0.2, 0.25) is 0 Å². The van der Waals surface area contributed by atoms with Gasteiger partial charge in [-0.3, -0.25) is 0 Å². The molecule has 0 amide bonds. The molecule has 0 bridgehead atoms. The van der Waals surface area contributed by atoms with Crippen LogP contribution in [-0.4, -0.2) is 41.0 Å². The minimum atomic E-state index is -1.29. The van der Waals surface area contributed by atoms with E-state index < -0.39 is 24.2 Å². The molecule has 5 heteroatoms. The number of hydrogen-bond acceptors (Lipinski definition) is 5. The van der Waals surface area contributed by atoms with Crippen LogP contribution in [0.15, 0.2) is 0 Å². The number of aliphatic hydroxyl groups is 2. The van der Waals surface area contributed by atoms with Gasteiger partial charge in [0.25, 0.3) is 0 Å². The molecule has 0 aromatic rings. The first kappa shape index (κ1) is 15.4. The van der Waals surface area contributed by atoms with Crippen molar-refractivity contribution < 1.29 is 19.7 Å². The van der Waals surface area contributed by atoms with Gasteiger partial charge in [0.1, 0.15) is 6.61 Å². The molecule has 1 aliphatic rings. The third-order valence-corrected chi connectivity index (χ3v) is 3.44. The largest absolute Gasteiger partial charge is 0.461 e. The van der Waals surface area contributed by atoms with E-state index in [4.69, 9.17) is 15.6 Å². The molecule has 0 heterocycles. The summed E-state index contributed by atoms with van der Waals surface area (Å²) in [4.78, 5) is 11.5. The fourth-order valence-electron chi connectivity index (χ4n) is 2.40. The zero-order chi connectivity index (χ0) is 13.5. The quantitative estimate of drug-likeness (QED) is 0.606. The number of carbonyl (C=O) groups is 1. The molecule has 18 heavy (non-hydrogen) atoms. The number of rotatable bonds is 6. The van der Waals surface area contributed by atoms with Gasteiger partial charge < -0.3 is 20.7 Å². The van der Waals surface area contributed by atoms with Gasteiger partial charge in [-0.15, -0.1) is 0 Å². The third-order valence-electron chi connectivity index (χ3n) is 3.44. The van der Waals surface area contributed by atoms with Gasteiger partial charge in [0.05, 0.1) is 6.10 Å². The van der Waals surface area contributed by atoms with E-state index >= 15 is 0 Å². The van der Waals surface area contributed by atoms with Gasteiger partial charge in [-0.1, -0.05) is 32.1 Å². The van der Waals surface area contributed by atoms with Crippen molar-refractivity contribution in [1.29, 1.82) is 0 Å². The zero-order valence-corrected chi connectivity index (χ0v) is 11.0. The lowest BCUT2D eigenvalue weighted by Crippen LogP contribution is -2.43. The molecule has 0 spiro atoms. The van der Waals surface area contributed by atoms with Crippen LogP contribution < -0.4 is 5.73 Å². The van der Waals surface area contributed by atoms with Crippen molar-refractivity contribution in [2.45, 2.75) is 63.7 Å². The van der Waals surface area contributed by atoms with Crippen LogP contribution in [0.1, 0.15) is 45.4 Å². The highest BCUT2D eigenvalue weighted by atomic mass is 16.6. The normalized spacial score (nSPS) is 22.2. The van der Waals surface area contributed by atoms with E-state index in [1.807, 2.05) is 0 Å². The van der Waals surface area contributed by atoms with Gasteiger partial charge in [-0.05, 0) is 19.3 Å². The summed E-state index contributed by atoms with van der Waals surface area (Å²) in [5, 5.41) is 18.7. The number of ether oxygens (including phenoxy) is 1. The number of carbonyl (C=O) groups excluding carboxylic acids is 1. The Bertz CT molecular complexity index is 251. The summed E-state index contributed by atoms with van der Waals surface area (Å²) in [5.74, 6) is -0.229. The molecule has 3 unspecified atom stereocenters. The Morgan fingerprint density at radius 1 is 1.33 bits per heavy atom. The van der Waals surface area contributed by atoms with E-state index in [1.54, 1.807) is 0 Å². The highest BCUT2D eigenvalue weighted by Gasteiger charge is 2.27. The van der Waals surface area contributed by atoms with Gasteiger partial charge in [0.15, 0.2) is 6.10 Å². The lowest BCUT2D eigenvalue weighted by molar-refractivity contribution is -0.157. The number of esters is 1. The topological polar surface area (TPSA) is 92.8 Å². The summed E-state index contributed by atoms with van der Waals surface area (Å²) in [5.41, 5.74) is 5.84. The second-order valence-electron chi connectivity index (χ2n) is 5.33. The van der Waals surface area contributed by atoms with E-state index in [-0.39, 0.29) is 6.61 Å². The fraction of sp³-hybridized carbons (Fsp3) is 0.923. The molecule has 0 aromatic carbocycles. The lowest BCUT2D eigenvalue weighted by atomic mass is 9.84. The fourth-order valence-corrected chi connectivity index (χ4v) is 2.40. The van der Waals surface area contributed by atoms with E-state index in [9.17, 15) is 9.90 Å². The van der Waals surface area contributed by atoms with Gasteiger partial charge in [0.2, 0.25) is 0 Å². The summed E-state index contributed by atoms with van der Waals surface area (Å²) in [6.45, 7) is 1.41. The minimum Gasteiger partial charge on any atom is -0.461 e. The predicted molar refractivity (Wildman–Crippen MR) is 67.8 cm³/mol. The molecule has 0 aliphatic heterocycles. The van der Waals surface area contributed by atoms with Gasteiger partial charge >= 0.3 is 5.97 Å². The Kier molecular flexibility index (Phi) is 6.60. The van der Waals surface area contributed by atoms with Crippen molar-refractivity contribution >= 4 is 5.97 Å². The first-order valence-electron chi connectivity index (χ1n) is 6.79. The molecule has 4 N–H and O–H groups in total. The first-order chi connectivity index (χ1) is 8.50. The maximum absolute atomic E-state index is 11.5. The SMILES string of the molecule is CC(O)COC(=O)C(O)C(N)CC1CCCCC1. The smallest absolute Gasteiger partial charge is 0.336 e. The molecule has 106 valence electrons. The Morgan fingerprint density at radius 3 is 2.50 bits per heavy atom. The Balaban J connectivity index is 2.30. The molecule has 1 aliphatic carbocycles. The van der Waals surface area contributed by atoms with Gasteiger partial charge in [-0.25, -0.2) is 4.79 Å². The maximum atomic E-state index is 11.5. The predicted octanol–water partition coefficient (Wildman–Crippen LogP) is 0.569. The summed E-state index contributed by atoms with van der Waals surface area (Å²) in [6, 6.07) is -0.574. The summed E-state index contributed by atoms with van der Waals surface area (Å²) < 4.78 is 4.76. The van der Waals surface area contributed by atoms with Crippen LogP contribution in [-0.2, 0) is 9.53 Å². The molecule has 1 rings (SSSR count). The highest BCUT2D eigenvalue weighted by molar-refractivity contribution is 5.75. The number of aliphatic hydroxyl groups excluding tert-OH is 2. The third kappa shape index (κ3) is 5.33. The molecule has 3 atom stereocenters. The molecular formula is C13H25NO4. The minimum absolute atomic E-state index is 0.105. The highest BCUT2D eigenvalue weighted by Crippen LogP contribution is 2.27. The van der Waals surface area contributed by atoms with Crippen LogP contribution in [0, 0.1) is 5.92 Å². The Hall–Kier alpha value is -0.650. The standard InChI is InChI=1S/C13H25NO4/c1-9(15)8-18-13(17)12(16)11(14)7-10-5-3-2-4-6-10/h9-12,15-16H,2-8,14H2,1H3. The van der Waals surface area contributed by atoms with E-state index in [1.165, 1.54) is 26.2 Å². The van der Waals surface area contributed by atoms with Crippen molar-refractivity contribution in [3.8, 4) is 0 Å². The van der Waals surface area contributed by atoms with Gasteiger partial charge in [0, 0.05) is 6.04 Å². The van der Waals surface area contributed by atoms with E-state index in [0.717, 1.165) is 12.8 Å². The molecule has 5 nitrogen and oxygen atoms in total. The molecule has 1 fully saturated rings. The van der Waals surface area contributed by atoms with Crippen LogP contribution in [0.4, 0.5) is 0 Å². The molecule has 0 aromatic heterocycles. The van der Waals surface area contributed by atoms with E-state index in [0.29, 0.717) is 12.3 Å². The number of hydrogen-bond donors (Lipinski definition) is 3. The summed E-state index contributed by atoms with van der Waals surface area (Å²) in [6.07, 6.45) is 4.59. The monoisotopic (exact) mass is 259 g/mol. The van der Waals surface area contributed by atoms with Crippen LogP contribution in [0.5, 0.6) is 0 Å². The summed E-state index contributed by atoms with van der Waals surface area (Å²) >= 11 is 0. The Labute approximate surface area is 108 Å².